The van der Waals surface area contributed by atoms with E-state index in [2.05, 4.69) is 10.3 Å². The van der Waals surface area contributed by atoms with E-state index in [1.54, 1.807) is 0 Å². The maximum Gasteiger partial charge on any atom is 0.416 e. The molecule has 0 spiro atoms. The van der Waals surface area contributed by atoms with Gasteiger partial charge >= 0.3 is 6.18 Å². The Labute approximate surface area is 127 Å². The van der Waals surface area contributed by atoms with Crippen LogP contribution < -0.4 is 10.2 Å². The van der Waals surface area contributed by atoms with E-state index in [0.29, 0.717) is 18.2 Å². The van der Waals surface area contributed by atoms with Gasteiger partial charge in [-0.3, -0.25) is 0 Å². The van der Waals surface area contributed by atoms with E-state index in [-0.39, 0.29) is 6.04 Å². The number of nitrogens with one attached hydrogen (secondary N) is 1. The number of halogens is 3. The number of alkyl halides is 3. The minimum Gasteiger partial charge on any atom is -0.370 e. The van der Waals surface area contributed by atoms with E-state index >= 15 is 0 Å². The van der Waals surface area contributed by atoms with Gasteiger partial charge in [0.1, 0.15) is 11.6 Å². The molecule has 1 aromatic heterocycles. The SMILES string of the molecule is CCCNc1cc(C(F)(F)F)cc(N2CCSCC2C)n1. The molecule has 0 radical (unpaired) electrons. The molecule has 1 unspecified atom stereocenters. The molecular weight excluding hydrogens is 299 g/mol. The lowest BCUT2D eigenvalue weighted by Crippen LogP contribution is -2.41. The monoisotopic (exact) mass is 319 g/mol. The molecule has 0 bridgehead atoms. The lowest BCUT2D eigenvalue weighted by Gasteiger charge is -2.34. The Bertz CT molecular complexity index is 479. The molecule has 1 aliphatic rings. The van der Waals surface area contributed by atoms with Crippen molar-refractivity contribution >= 4 is 23.4 Å². The van der Waals surface area contributed by atoms with Crippen LogP contribution in [0.5, 0.6) is 0 Å². The third-order valence-corrected chi connectivity index (χ3v) is 4.55. The molecule has 118 valence electrons. The van der Waals surface area contributed by atoms with Gasteiger partial charge in [0.2, 0.25) is 0 Å². The molecule has 0 saturated carbocycles. The zero-order valence-electron chi connectivity index (χ0n) is 12.2. The molecule has 1 N–H and O–H groups in total. The molecular formula is C14H20F3N3S. The van der Waals surface area contributed by atoms with Crippen LogP contribution in [0.2, 0.25) is 0 Å². The lowest BCUT2D eigenvalue weighted by atomic mass is 10.2. The summed E-state index contributed by atoms with van der Waals surface area (Å²) in [6, 6.07) is 2.44. The highest BCUT2D eigenvalue weighted by Crippen LogP contribution is 2.34. The largest absolute Gasteiger partial charge is 0.416 e. The van der Waals surface area contributed by atoms with Crippen LogP contribution in [0.3, 0.4) is 0 Å². The maximum absolute atomic E-state index is 13.1. The second-order valence-corrected chi connectivity index (χ2v) is 6.29. The fraction of sp³-hybridized carbons (Fsp3) is 0.643. The molecule has 1 aromatic rings. The summed E-state index contributed by atoms with van der Waals surface area (Å²) in [4.78, 5) is 6.33. The van der Waals surface area contributed by atoms with Gasteiger partial charge < -0.3 is 10.2 Å². The molecule has 1 fully saturated rings. The molecule has 3 nitrogen and oxygen atoms in total. The van der Waals surface area contributed by atoms with Gasteiger partial charge in [0.05, 0.1) is 5.56 Å². The van der Waals surface area contributed by atoms with E-state index in [4.69, 9.17) is 0 Å². The smallest absolute Gasteiger partial charge is 0.370 e. The summed E-state index contributed by atoms with van der Waals surface area (Å²) in [6.45, 7) is 5.32. The topological polar surface area (TPSA) is 28.2 Å². The highest BCUT2D eigenvalue weighted by Gasteiger charge is 2.33. The van der Waals surface area contributed by atoms with Gasteiger partial charge in [0.15, 0.2) is 0 Å². The summed E-state index contributed by atoms with van der Waals surface area (Å²) < 4.78 is 39.2. The molecule has 2 heterocycles. The van der Waals surface area contributed by atoms with Crippen molar-refractivity contribution in [3.63, 3.8) is 0 Å². The number of anilines is 2. The first-order valence-electron chi connectivity index (χ1n) is 7.09. The molecule has 21 heavy (non-hydrogen) atoms. The highest BCUT2D eigenvalue weighted by atomic mass is 32.2. The fourth-order valence-electron chi connectivity index (χ4n) is 2.24. The summed E-state index contributed by atoms with van der Waals surface area (Å²) in [6.07, 6.45) is -3.52. The minimum absolute atomic E-state index is 0.193. The van der Waals surface area contributed by atoms with Crippen LogP contribution in [-0.2, 0) is 6.18 Å². The van der Waals surface area contributed by atoms with E-state index in [1.165, 1.54) is 0 Å². The number of hydrogen-bond donors (Lipinski definition) is 1. The predicted octanol–water partition coefficient (Wildman–Crippen LogP) is 3.86. The Morgan fingerprint density at radius 2 is 2.19 bits per heavy atom. The standard InChI is InChI=1S/C14H20F3N3S/c1-3-4-18-12-7-11(14(15,16)17)8-13(19-12)20-5-6-21-9-10(20)2/h7-8,10H,3-6,9H2,1-2H3,(H,18,19). The first-order valence-corrected chi connectivity index (χ1v) is 8.25. The summed E-state index contributed by atoms with van der Waals surface area (Å²) in [7, 11) is 0. The van der Waals surface area contributed by atoms with Crippen molar-refractivity contribution in [1.82, 2.24) is 4.98 Å². The average Bonchev–Trinajstić information content (AvgIpc) is 2.44. The van der Waals surface area contributed by atoms with Crippen LogP contribution >= 0.6 is 11.8 Å². The fourth-order valence-corrected chi connectivity index (χ4v) is 3.25. The lowest BCUT2D eigenvalue weighted by molar-refractivity contribution is -0.137. The van der Waals surface area contributed by atoms with E-state index in [0.717, 1.165) is 36.6 Å². The van der Waals surface area contributed by atoms with Gasteiger partial charge in [-0.2, -0.15) is 24.9 Å². The summed E-state index contributed by atoms with van der Waals surface area (Å²) in [5.41, 5.74) is -0.642. The van der Waals surface area contributed by atoms with Crippen LogP contribution in [-0.4, -0.2) is 35.6 Å². The Morgan fingerprint density at radius 1 is 1.43 bits per heavy atom. The predicted molar refractivity (Wildman–Crippen MR) is 82.2 cm³/mol. The van der Waals surface area contributed by atoms with Gasteiger partial charge in [-0.1, -0.05) is 6.92 Å². The molecule has 2 rings (SSSR count). The van der Waals surface area contributed by atoms with Crippen molar-refractivity contribution in [1.29, 1.82) is 0 Å². The van der Waals surface area contributed by atoms with Crippen LogP contribution in [0.25, 0.3) is 0 Å². The van der Waals surface area contributed by atoms with Gasteiger partial charge in [0.25, 0.3) is 0 Å². The van der Waals surface area contributed by atoms with Crippen molar-refractivity contribution in [3.8, 4) is 0 Å². The third-order valence-electron chi connectivity index (χ3n) is 3.36. The number of nitrogens with zero attached hydrogens (tertiary/aromatic N) is 2. The molecule has 0 aliphatic carbocycles. The Hall–Kier alpha value is -1.11. The van der Waals surface area contributed by atoms with Gasteiger partial charge in [0, 0.05) is 30.6 Å². The number of aromatic nitrogens is 1. The van der Waals surface area contributed by atoms with Crippen LogP contribution in [0, 0.1) is 0 Å². The minimum atomic E-state index is -4.35. The average molecular weight is 319 g/mol. The molecule has 1 aliphatic heterocycles. The second kappa shape index (κ2) is 6.77. The van der Waals surface area contributed by atoms with Crippen molar-refractivity contribution in [2.75, 3.05) is 34.8 Å². The molecule has 1 atom stereocenters. The zero-order valence-corrected chi connectivity index (χ0v) is 13.0. The number of pyridine rings is 1. The molecule has 0 aromatic carbocycles. The van der Waals surface area contributed by atoms with Gasteiger partial charge in [-0.15, -0.1) is 0 Å². The number of hydrogen-bond acceptors (Lipinski definition) is 4. The molecule has 1 saturated heterocycles. The summed E-state index contributed by atoms with van der Waals surface area (Å²) >= 11 is 1.82. The van der Waals surface area contributed by atoms with Crippen molar-refractivity contribution in [2.24, 2.45) is 0 Å². The Morgan fingerprint density at radius 3 is 2.81 bits per heavy atom. The Kier molecular flexibility index (Phi) is 5.24. The molecule has 7 heteroatoms. The zero-order chi connectivity index (χ0) is 15.5. The van der Waals surface area contributed by atoms with Crippen LogP contribution in [0.15, 0.2) is 12.1 Å². The normalized spacial score (nSPS) is 19.7. The maximum atomic E-state index is 13.1. The number of rotatable bonds is 4. The third kappa shape index (κ3) is 4.18. The number of thioether (sulfide) groups is 1. The van der Waals surface area contributed by atoms with E-state index in [9.17, 15) is 13.2 Å². The molecule has 0 amide bonds. The summed E-state index contributed by atoms with van der Waals surface area (Å²) in [5, 5.41) is 2.96. The van der Waals surface area contributed by atoms with Crippen LogP contribution in [0.4, 0.5) is 24.8 Å². The quantitative estimate of drug-likeness (QED) is 0.912. The van der Waals surface area contributed by atoms with E-state index < -0.39 is 11.7 Å². The first kappa shape index (κ1) is 16.3. The first-order chi connectivity index (χ1) is 9.91. The van der Waals surface area contributed by atoms with Crippen molar-refractivity contribution in [3.05, 3.63) is 17.7 Å². The summed E-state index contributed by atoms with van der Waals surface area (Å²) in [5.74, 6) is 2.54. The van der Waals surface area contributed by atoms with Crippen molar-refractivity contribution in [2.45, 2.75) is 32.5 Å². The van der Waals surface area contributed by atoms with Gasteiger partial charge in [-0.25, -0.2) is 4.98 Å². The van der Waals surface area contributed by atoms with Crippen LogP contribution in [0.1, 0.15) is 25.8 Å². The van der Waals surface area contributed by atoms with Crippen molar-refractivity contribution < 1.29 is 13.2 Å². The van der Waals surface area contributed by atoms with Gasteiger partial charge in [-0.05, 0) is 25.5 Å². The Balaban J connectivity index is 2.34. The highest BCUT2D eigenvalue weighted by molar-refractivity contribution is 7.99. The van der Waals surface area contributed by atoms with E-state index in [1.807, 2.05) is 30.5 Å². The second-order valence-electron chi connectivity index (χ2n) is 5.14.